The van der Waals surface area contributed by atoms with Crippen LogP contribution in [-0.4, -0.2) is 17.8 Å². The molecule has 4 aliphatic carbocycles. The first-order valence-electron chi connectivity index (χ1n) is 16.1. The van der Waals surface area contributed by atoms with Gasteiger partial charge in [-0.1, -0.05) is 60.7 Å². The van der Waals surface area contributed by atoms with Gasteiger partial charge in [-0.25, -0.2) is 9.69 Å². The van der Waals surface area contributed by atoms with E-state index in [9.17, 15) is 19.6 Å². The molecule has 9 rings (SSSR count). The molecule has 4 bridgehead atoms. The van der Waals surface area contributed by atoms with E-state index < -0.39 is 17.8 Å². The van der Waals surface area contributed by atoms with E-state index in [0.717, 1.165) is 39.0 Å². The fourth-order valence-corrected chi connectivity index (χ4v) is 8.93. The Morgan fingerprint density at radius 3 is 2.24 bits per heavy atom. The van der Waals surface area contributed by atoms with Crippen molar-refractivity contribution in [3.63, 3.8) is 0 Å². The van der Waals surface area contributed by atoms with E-state index in [1.54, 1.807) is 18.2 Å². The highest BCUT2D eigenvalue weighted by Gasteiger charge is 2.51. The molecule has 0 atom stereocenters. The number of fused-ring (bicyclic) bond motifs is 1. The summed E-state index contributed by atoms with van der Waals surface area (Å²) in [7, 11) is 0. The highest BCUT2D eigenvalue weighted by Crippen LogP contribution is 2.60. The number of nitrogens with one attached hydrogen (secondary N) is 1. The van der Waals surface area contributed by atoms with Crippen LogP contribution >= 0.6 is 0 Å². The smallest absolute Gasteiger partial charge is 0.335 e. The number of hydrogen-bond donors (Lipinski definition) is 1. The van der Waals surface area contributed by atoms with Crippen molar-refractivity contribution in [2.75, 3.05) is 4.90 Å². The van der Waals surface area contributed by atoms with Crippen LogP contribution in [0.1, 0.15) is 60.8 Å². The average Bonchev–Trinajstić information content (AvgIpc) is 3.05. The van der Waals surface area contributed by atoms with Crippen molar-refractivity contribution >= 4 is 40.4 Å². The van der Waals surface area contributed by atoms with Gasteiger partial charge in [0.1, 0.15) is 17.9 Å². The lowest BCUT2D eigenvalue weighted by molar-refractivity contribution is -0.122. The van der Waals surface area contributed by atoms with Gasteiger partial charge in [0.2, 0.25) is 0 Å². The van der Waals surface area contributed by atoms with Crippen LogP contribution in [0, 0.1) is 29.1 Å². The molecule has 1 heterocycles. The average molecular weight is 608 g/mol. The minimum Gasteiger partial charge on any atom is -0.488 e. The van der Waals surface area contributed by atoms with Crippen molar-refractivity contribution in [1.29, 1.82) is 5.26 Å². The SMILES string of the molecule is N#Cc1ccccc1COc1ccc2ccccc2c1/C=C1\C(=O)NC(=O)N(c2ccc(C34CC5CC(CC(C5)C3)C4)cc2)C1=O. The maximum absolute atomic E-state index is 14.0. The largest absolute Gasteiger partial charge is 0.488 e. The summed E-state index contributed by atoms with van der Waals surface area (Å²) in [5.74, 6) is 1.42. The van der Waals surface area contributed by atoms with Crippen molar-refractivity contribution in [1.82, 2.24) is 5.32 Å². The highest BCUT2D eigenvalue weighted by molar-refractivity contribution is 6.39. The quantitative estimate of drug-likeness (QED) is 0.182. The number of amides is 4. The summed E-state index contributed by atoms with van der Waals surface area (Å²) in [6.45, 7) is 0.124. The molecule has 0 aromatic heterocycles. The molecule has 5 aliphatic rings. The van der Waals surface area contributed by atoms with Gasteiger partial charge in [-0.3, -0.25) is 14.9 Å². The van der Waals surface area contributed by atoms with E-state index in [2.05, 4.69) is 23.5 Å². The lowest BCUT2D eigenvalue weighted by Crippen LogP contribution is -2.54. The van der Waals surface area contributed by atoms with E-state index >= 15 is 0 Å². The third-order valence-corrected chi connectivity index (χ3v) is 10.6. The first-order chi connectivity index (χ1) is 22.4. The Balaban J connectivity index is 1.13. The summed E-state index contributed by atoms with van der Waals surface area (Å²) >= 11 is 0. The van der Waals surface area contributed by atoms with Crippen LogP contribution in [0.15, 0.2) is 90.5 Å². The summed E-state index contributed by atoms with van der Waals surface area (Å²) in [5, 5.41) is 13.6. The van der Waals surface area contributed by atoms with Gasteiger partial charge in [0.05, 0.1) is 17.3 Å². The summed E-state index contributed by atoms with van der Waals surface area (Å²) in [6.07, 6.45) is 9.26. The molecule has 4 aromatic carbocycles. The van der Waals surface area contributed by atoms with Crippen LogP contribution in [-0.2, 0) is 21.6 Å². The van der Waals surface area contributed by atoms with Gasteiger partial charge in [-0.2, -0.15) is 5.26 Å². The second-order valence-electron chi connectivity index (χ2n) is 13.5. The number of barbiturate groups is 1. The second-order valence-corrected chi connectivity index (χ2v) is 13.5. The van der Waals surface area contributed by atoms with Crippen molar-refractivity contribution in [2.45, 2.75) is 50.5 Å². The van der Waals surface area contributed by atoms with Crippen molar-refractivity contribution < 1.29 is 19.1 Å². The van der Waals surface area contributed by atoms with E-state index in [-0.39, 0.29) is 17.6 Å². The zero-order valence-electron chi connectivity index (χ0n) is 25.4. The normalized spacial score (nSPS) is 26.0. The lowest BCUT2D eigenvalue weighted by Gasteiger charge is -2.57. The van der Waals surface area contributed by atoms with E-state index in [1.165, 1.54) is 50.2 Å². The molecule has 4 aromatic rings. The van der Waals surface area contributed by atoms with Gasteiger partial charge in [-0.05, 0) is 108 Å². The van der Waals surface area contributed by atoms with Crippen molar-refractivity contribution in [2.24, 2.45) is 17.8 Å². The summed E-state index contributed by atoms with van der Waals surface area (Å²) in [4.78, 5) is 41.3. The van der Waals surface area contributed by atoms with Crippen LogP contribution in [0.2, 0.25) is 0 Å². The predicted molar refractivity (Wildman–Crippen MR) is 175 cm³/mol. The zero-order valence-corrected chi connectivity index (χ0v) is 25.4. The van der Waals surface area contributed by atoms with Crippen LogP contribution in [0.5, 0.6) is 5.75 Å². The highest BCUT2D eigenvalue weighted by atomic mass is 16.5. The number of rotatable bonds is 6. The number of nitrogens with zero attached hydrogens (tertiary/aromatic N) is 2. The molecule has 1 aliphatic heterocycles. The van der Waals surface area contributed by atoms with Gasteiger partial charge >= 0.3 is 6.03 Å². The molecule has 1 N–H and O–H groups in total. The first-order valence-corrected chi connectivity index (χ1v) is 16.1. The summed E-state index contributed by atoms with van der Waals surface area (Å²) in [5.41, 5.74) is 3.52. The number of benzene rings is 4. The standard InChI is InChI=1S/C39H33N3O4/c40-22-28-6-1-2-7-29(28)23-46-35-14-9-27-5-3-4-8-32(27)33(35)18-34-36(43)41-38(45)42(37(34)44)31-12-10-30(11-13-31)39-19-24-15-25(20-39)17-26(16-24)21-39/h1-14,18,24-26H,15-17,19-21,23H2,(H,41,43,45)/b34-18+. The predicted octanol–water partition coefficient (Wildman–Crippen LogP) is 7.42. The number of carbonyl (C=O) groups is 3. The molecule has 4 amide bonds. The van der Waals surface area contributed by atoms with Crippen LogP contribution in [0.4, 0.5) is 10.5 Å². The fraction of sp³-hybridized carbons (Fsp3) is 0.282. The number of anilines is 1. The van der Waals surface area contributed by atoms with E-state index in [0.29, 0.717) is 22.6 Å². The molecule has 4 saturated carbocycles. The Kier molecular flexibility index (Phi) is 6.75. The topological polar surface area (TPSA) is 99.5 Å². The fourth-order valence-electron chi connectivity index (χ4n) is 8.93. The molecular weight excluding hydrogens is 574 g/mol. The molecule has 7 nitrogen and oxygen atoms in total. The van der Waals surface area contributed by atoms with E-state index in [4.69, 9.17) is 4.74 Å². The van der Waals surface area contributed by atoms with Crippen LogP contribution < -0.4 is 15.0 Å². The zero-order chi connectivity index (χ0) is 31.4. The summed E-state index contributed by atoms with van der Waals surface area (Å²) < 4.78 is 6.21. The Labute approximate surface area is 267 Å². The van der Waals surface area contributed by atoms with Gasteiger partial charge in [0, 0.05) is 11.1 Å². The minimum atomic E-state index is -0.766. The van der Waals surface area contributed by atoms with Gasteiger partial charge in [0.15, 0.2) is 0 Å². The number of carbonyl (C=O) groups excluding carboxylic acids is 3. The molecule has 5 fully saturated rings. The molecule has 228 valence electrons. The maximum atomic E-state index is 14.0. The van der Waals surface area contributed by atoms with Gasteiger partial charge < -0.3 is 4.74 Å². The van der Waals surface area contributed by atoms with Crippen molar-refractivity contribution in [3.8, 4) is 11.8 Å². The van der Waals surface area contributed by atoms with Crippen molar-refractivity contribution in [3.05, 3.63) is 113 Å². The Morgan fingerprint density at radius 1 is 0.848 bits per heavy atom. The molecule has 0 unspecified atom stereocenters. The third kappa shape index (κ3) is 4.76. The molecule has 0 radical (unpaired) electrons. The van der Waals surface area contributed by atoms with Crippen LogP contribution in [0.3, 0.4) is 0 Å². The molecular formula is C39H33N3O4. The molecule has 1 saturated heterocycles. The van der Waals surface area contributed by atoms with Crippen LogP contribution in [0.25, 0.3) is 16.8 Å². The van der Waals surface area contributed by atoms with Gasteiger partial charge in [0.25, 0.3) is 11.8 Å². The monoisotopic (exact) mass is 607 g/mol. The number of hydrogen-bond acceptors (Lipinski definition) is 5. The second kappa shape index (κ2) is 11.0. The van der Waals surface area contributed by atoms with Gasteiger partial charge in [-0.15, -0.1) is 0 Å². The first kappa shape index (κ1) is 28.3. The molecule has 0 spiro atoms. The number of urea groups is 1. The number of imide groups is 2. The number of nitriles is 1. The maximum Gasteiger partial charge on any atom is 0.335 e. The van der Waals surface area contributed by atoms with E-state index in [1.807, 2.05) is 54.6 Å². The Morgan fingerprint density at radius 2 is 1.52 bits per heavy atom. The third-order valence-electron chi connectivity index (χ3n) is 10.6. The summed E-state index contributed by atoms with van der Waals surface area (Å²) in [6, 6.07) is 27.8. The Bertz CT molecular complexity index is 1950. The minimum absolute atomic E-state index is 0.124. The molecule has 46 heavy (non-hydrogen) atoms. The molecule has 7 heteroatoms. The Hall–Kier alpha value is -5.22. The lowest BCUT2D eigenvalue weighted by atomic mass is 9.48. The number of ether oxygens (including phenoxy) is 1.